The van der Waals surface area contributed by atoms with Gasteiger partial charge in [0.1, 0.15) is 0 Å². The first-order valence-electron chi connectivity index (χ1n) is 11.9. The summed E-state index contributed by atoms with van der Waals surface area (Å²) in [5.41, 5.74) is 3.03. The molecule has 0 bridgehead atoms. The van der Waals surface area contributed by atoms with Gasteiger partial charge >= 0.3 is 0 Å². The van der Waals surface area contributed by atoms with Gasteiger partial charge in [-0.25, -0.2) is 4.98 Å². The van der Waals surface area contributed by atoms with Gasteiger partial charge in [0.25, 0.3) is 0 Å². The van der Waals surface area contributed by atoms with Crippen molar-refractivity contribution < 1.29 is 14.3 Å². The Morgan fingerprint density at radius 3 is 2.51 bits per heavy atom. The fraction of sp³-hybridized carbons (Fsp3) is 0.357. The van der Waals surface area contributed by atoms with Crippen molar-refractivity contribution in [2.75, 3.05) is 25.7 Å². The van der Waals surface area contributed by atoms with Crippen LogP contribution < -0.4 is 20.1 Å². The number of aromatic nitrogens is 1. The Kier molecular flexibility index (Phi) is 9.07. The second kappa shape index (κ2) is 12.0. The molecule has 5 rings (SSSR count). The van der Waals surface area contributed by atoms with Crippen molar-refractivity contribution in [2.45, 2.75) is 44.9 Å². The molecule has 186 valence electrons. The number of carbonyl (C=O) groups is 1. The van der Waals surface area contributed by atoms with E-state index in [0.29, 0.717) is 10.9 Å². The van der Waals surface area contributed by atoms with Gasteiger partial charge < -0.3 is 20.1 Å². The van der Waals surface area contributed by atoms with Gasteiger partial charge in [0.15, 0.2) is 16.6 Å². The molecule has 1 aliphatic heterocycles. The van der Waals surface area contributed by atoms with Crippen molar-refractivity contribution in [2.24, 2.45) is 0 Å². The van der Waals surface area contributed by atoms with Gasteiger partial charge in [0, 0.05) is 17.0 Å². The fourth-order valence-corrected chi connectivity index (χ4v) is 4.83. The summed E-state index contributed by atoms with van der Waals surface area (Å²) in [4.78, 5) is 18.7. The lowest BCUT2D eigenvalue weighted by molar-refractivity contribution is -0.118. The van der Waals surface area contributed by atoms with Crippen molar-refractivity contribution in [3.63, 3.8) is 0 Å². The molecule has 3 aromatic rings. The van der Waals surface area contributed by atoms with Crippen LogP contribution in [-0.2, 0) is 10.2 Å². The predicted molar refractivity (Wildman–Crippen MR) is 144 cm³/mol. The molecule has 0 saturated heterocycles. The Morgan fingerprint density at radius 1 is 1.17 bits per heavy atom. The van der Waals surface area contributed by atoms with E-state index in [1.54, 1.807) is 11.3 Å². The molecule has 0 radical (unpaired) electrons. The number of benzene rings is 2. The molecule has 1 atom stereocenters. The topological polar surface area (TPSA) is 72.5 Å². The van der Waals surface area contributed by atoms with E-state index >= 15 is 0 Å². The van der Waals surface area contributed by atoms with Crippen LogP contribution in [0, 0.1) is 6.92 Å². The zero-order valence-electron chi connectivity index (χ0n) is 21.0. The Bertz CT molecular complexity index is 1140. The highest BCUT2D eigenvalue weighted by molar-refractivity contribution is 7.15. The molecule has 6 nitrogen and oxygen atoms in total. The summed E-state index contributed by atoms with van der Waals surface area (Å²) in [6, 6.07) is 14.2. The van der Waals surface area contributed by atoms with E-state index in [2.05, 4.69) is 73.8 Å². The van der Waals surface area contributed by atoms with Crippen LogP contribution in [0.1, 0.15) is 54.2 Å². The minimum atomic E-state index is -0.492. The van der Waals surface area contributed by atoms with Crippen LogP contribution in [0.15, 0.2) is 61.8 Å². The molecule has 1 unspecified atom stereocenters. The normalized spacial score (nSPS) is 15.1. The zero-order chi connectivity index (χ0) is 25.4. The maximum Gasteiger partial charge on any atom is 0.236 e. The Hall–Kier alpha value is -3.16. The number of nitrogens with zero attached hydrogens (tertiary/aromatic N) is 1. The molecule has 7 heteroatoms. The number of aryl methyl sites for hydroxylation is 1. The van der Waals surface area contributed by atoms with E-state index < -0.39 is 5.41 Å². The number of anilines is 1. The lowest BCUT2D eigenvalue weighted by atomic mass is 9.94. The smallest absolute Gasteiger partial charge is 0.236 e. The second-order valence-electron chi connectivity index (χ2n) is 8.46. The van der Waals surface area contributed by atoms with Crippen LogP contribution in [-0.4, -0.2) is 31.3 Å². The number of hydrogen-bond acceptors (Lipinski definition) is 6. The third-order valence-electron chi connectivity index (χ3n) is 6.29. The molecule has 2 aliphatic rings. The first-order valence-corrected chi connectivity index (χ1v) is 12.7. The molecule has 1 amide bonds. The zero-order valence-corrected chi connectivity index (χ0v) is 21.8. The summed E-state index contributed by atoms with van der Waals surface area (Å²) in [6.07, 6.45) is 3.53. The van der Waals surface area contributed by atoms with Crippen molar-refractivity contribution in [3.8, 4) is 11.5 Å². The van der Waals surface area contributed by atoms with Crippen LogP contribution in [0.3, 0.4) is 0 Å². The van der Waals surface area contributed by atoms with Gasteiger partial charge in [-0.3, -0.25) is 4.79 Å². The monoisotopic (exact) mass is 493 g/mol. The van der Waals surface area contributed by atoms with Gasteiger partial charge in [-0.15, -0.1) is 24.5 Å². The van der Waals surface area contributed by atoms with Crippen molar-refractivity contribution in [1.82, 2.24) is 10.3 Å². The average Bonchev–Trinajstić information content (AvgIpc) is 3.34. The molecule has 1 aliphatic carbocycles. The number of carbonyl (C=O) groups excluding carboxylic acids is 1. The number of amides is 1. The third-order valence-corrected chi connectivity index (χ3v) is 7.38. The van der Waals surface area contributed by atoms with Gasteiger partial charge in [0.2, 0.25) is 12.7 Å². The largest absolute Gasteiger partial charge is 0.454 e. The van der Waals surface area contributed by atoms with E-state index in [1.807, 2.05) is 31.4 Å². The summed E-state index contributed by atoms with van der Waals surface area (Å²) in [7, 11) is 1.93. The van der Waals surface area contributed by atoms with Crippen LogP contribution in [0.4, 0.5) is 5.13 Å². The van der Waals surface area contributed by atoms with Crippen molar-refractivity contribution in [1.29, 1.82) is 0 Å². The molecule has 2 aromatic carbocycles. The Labute approximate surface area is 212 Å². The number of hydrogen-bond donors (Lipinski definition) is 2. The number of rotatable bonds is 6. The minimum absolute atomic E-state index is 0.000750. The summed E-state index contributed by atoms with van der Waals surface area (Å²) in [6.45, 7) is 13.7. The molecule has 0 spiro atoms. The number of nitrogens with one attached hydrogen (secondary N) is 2. The van der Waals surface area contributed by atoms with Gasteiger partial charge in [-0.05, 0) is 62.2 Å². The van der Waals surface area contributed by atoms with Crippen molar-refractivity contribution in [3.05, 3.63) is 83.4 Å². The molecular formula is C28H35N3O3S. The molecule has 2 heterocycles. The average molecular weight is 494 g/mol. The first-order chi connectivity index (χ1) is 17.0. The maximum atomic E-state index is 13.1. The first kappa shape index (κ1) is 26.4. The van der Waals surface area contributed by atoms with E-state index in [1.165, 1.54) is 11.1 Å². The van der Waals surface area contributed by atoms with E-state index in [9.17, 15) is 4.79 Å². The molecule has 1 saturated carbocycles. The summed E-state index contributed by atoms with van der Waals surface area (Å²) in [5, 5.41) is 6.63. The molecule has 2 N–H and O–H groups in total. The third kappa shape index (κ3) is 5.92. The van der Waals surface area contributed by atoms with Crippen LogP contribution in [0.25, 0.3) is 0 Å². The van der Waals surface area contributed by atoms with E-state index in [0.717, 1.165) is 35.6 Å². The Morgan fingerprint density at radius 2 is 1.86 bits per heavy atom. The fourth-order valence-electron chi connectivity index (χ4n) is 3.95. The van der Waals surface area contributed by atoms with Gasteiger partial charge in [-0.1, -0.05) is 44.2 Å². The van der Waals surface area contributed by atoms with Crippen molar-refractivity contribution >= 4 is 22.4 Å². The Balaban J connectivity index is 0.000000521. The minimum Gasteiger partial charge on any atom is -0.454 e. The van der Waals surface area contributed by atoms with E-state index in [-0.39, 0.29) is 18.6 Å². The highest BCUT2D eigenvalue weighted by Gasteiger charge is 2.52. The van der Waals surface area contributed by atoms with E-state index in [4.69, 9.17) is 9.47 Å². The summed E-state index contributed by atoms with van der Waals surface area (Å²) < 4.78 is 10.9. The predicted octanol–water partition coefficient (Wildman–Crippen LogP) is 6.03. The number of fused-ring (bicyclic) bond motifs is 1. The summed E-state index contributed by atoms with van der Waals surface area (Å²) >= 11 is 1.54. The van der Waals surface area contributed by atoms with Crippen LogP contribution >= 0.6 is 11.3 Å². The van der Waals surface area contributed by atoms with Crippen LogP contribution in [0.5, 0.6) is 11.5 Å². The van der Waals surface area contributed by atoms with Gasteiger partial charge in [-0.2, -0.15) is 0 Å². The molecule has 1 aromatic heterocycles. The maximum absolute atomic E-state index is 13.1. The van der Waals surface area contributed by atoms with Crippen LogP contribution in [0.2, 0.25) is 0 Å². The SMILES string of the molecule is C=C.CCNC.Cc1ccccc1C(C)c1cnc(NC(=O)C2(c3ccc4c(c3)OCO4)CC2)s1. The second-order valence-corrected chi connectivity index (χ2v) is 9.52. The summed E-state index contributed by atoms with van der Waals surface area (Å²) in [5.74, 6) is 1.69. The lowest BCUT2D eigenvalue weighted by Gasteiger charge is -2.15. The highest BCUT2D eigenvalue weighted by Crippen LogP contribution is 2.51. The molecule has 1 fully saturated rings. The number of ether oxygens (including phenoxy) is 2. The standard InChI is InChI=1S/C23H22N2O3S.C3H9N.C2H4/c1-14-5-3-4-6-17(14)15(2)20-12-24-22(29-20)25-21(26)23(9-10-23)16-7-8-18-19(11-16)28-13-27-18;1-3-4-2;1-2/h3-8,11-12,15H,9-10,13H2,1-2H3,(H,24,25,26);4H,3H2,1-2H3;1-2H2. The molecule has 35 heavy (non-hydrogen) atoms. The lowest BCUT2D eigenvalue weighted by Crippen LogP contribution is -2.27. The number of thiazole rings is 1. The quantitative estimate of drug-likeness (QED) is 0.410. The van der Waals surface area contributed by atoms with Gasteiger partial charge in [0.05, 0.1) is 5.41 Å². The molecular weight excluding hydrogens is 458 g/mol. The highest BCUT2D eigenvalue weighted by atomic mass is 32.1.